The molecule has 7 nitrogen and oxygen atoms in total. The summed E-state index contributed by atoms with van der Waals surface area (Å²) in [6.45, 7) is 6.68. The van der Waals surface area contributed by atoms with Gasteiger partial charge in [0, 0.05) is 44.6 Å². The fourth-order valence-electron chi connectivity index (χ4n) is 3.66. The lowest BCUT2D eigenvalue weighted by molar-refractivity contribution is -0.129. The normalized spacial score (nSPS) is 20.7. The average Bonchev–Trinajstić information content (AvgIpc) is 3.10. The highest BCUT2D eigenvalue weighted by Gasteiger charge is 2.25. The lowest BCUT2D eigenvalue weighted by Crippen LogP contribution is -2.45. The van der Waals surface area contributed by atoms with Gasteiger partial charge in [-0.15, -0.1) is 24.0 Å². The molecule has 27 heavy (non-hydrogen) atoms. The van der Waals surface area contributed by atoms with Crippen LogP contribution in [0.25, 0.3) is 0 Å². The van der Waals surface area contributed by atoms with Gasteiger partial charge in [-0.3, -0.25) is 14.6 Å². The summed E-state index contributed by atoms with van der Waals surface area (Å²) in [7, 11) is 0. The predicted molar refractivity (Wildman–Crippen MR) is 119 cm³/mol. The summed E-state index contributed by atoms with van der Waals surface area (Å²) in [5.41, 5.74) is 0. The largest absolute Gasteiger partial charge is 0.357 e. The van der Waals surface area contributed by atoms with Gasteiger partial charge in [-0.2, -0.15) is 0 Å². The first-order valence-corrected chi connectivity index (χ1v) is 10.2. The van der Waals surface area contributed by atoms with E-state index >= 15 is 0 Å². The van der Waals surface area contributed by atoms with E-state index in [1.165, 1.54) is 19.3 Å². The second-order valence-electron chi connectivity index (χ2n) is 7.24. The molecule has 0 bridgehead atoms. The number of carbonyl (C=O) groups excluding carboxylic acids is 2. The molecule has 1 saturated carbocycles. The van der Waals surface area contributed by atoms with Crippen LogP contribution in [-0.2, 0) is 9.59 Å². The van der Waals surface area contributed by atoms with E-state index in [0.29, 0.717) is 25.4 Å². The van der Waals surface area contributed by atoms with Gasteiger partial charge in [0.1, 0.15) is 0 Å². The van der Waals surface area contributed by atoms with Crippen molar-refractivity contribution in [1.82, 2.24) is 20.9 Å². The maximum Gasteiger partial charge on any atom is 0.222 e. The summed E-state index contributed by atoms with van der Waals surface area (Å²) in [5.74, 6) is 1.03. The summed E-state index contributed by atoms with van der Waals surface area (Å²) in [6.07, 6.45) is 7.83. The van der Waals surface area contributed by atoms with Crippen molar-refractivity contribution >= 4 is 41.8 Å². The van der Waals surface area contributed by atoms with E-state index in [4.69, 9.17) is 0 Å². The second-order valence-corrected chi connectivity index (χ2v) is 7.24. The number of nitrogens with one attached hydrogen (secondary N) is 3. The van der Waals surface area contributed by atoms with Gasteiger partial charge >= 0.3 is 0 Å². The van der Waals surface area contributed by atoms with Crippen LogP contribution in [0, 0.1) is 0 Å². The number of carbonyl (C=O) groups is 2. The first-order chi connectivity index (χ1) is 12.6. The minimum atomic E-state index is 0. The molecule has 1 saturated heterocycles. The van der Waals surface area contributed by atoms with E-state index in [2.05, 4.69) is 20.9 Å². The Kier molecular flexibility index (Phi) is 11.7. The number of nitrogens with zero attached hydrogens (tertiary/aromatic N) is 2. The molecule has 2 rings (SSSR count). The number of hydrogen-bond donors (Lipinski definition) is 3. The number of amides is 2. The summed E-state index contributed by atoms with van der Waals surface area (Å²) >= 11 is 0. The van der Waals surface area contributed by atoms with Crippen LogP contribution in [-0.4, -0.2) is 60.9 Å². The van der Waals surface area contributed by atoms with Crippen LogP contribution in [0.3, 0.4) is 0 Å². The Bertz CT molecular complexity index is 494. The molecule has 0 aromatic rings. The second kappa shape index (κ2) is 13.2. The zero-order valence-electron chi connectivity index (χ0n) is 16.8. The Hall–Kier alpha value is -1.06. The average molecular weight is 493 g/mol. The van der Waals surface area contributed by atoms with Gasteiger partial charge in [0.15, 0.2) is 5.96 Å². The molecule has 2 amide bonds. The first-order valence-electron chi connectivity index (χ1n) is 10.2. The molecule has 0 spiro atoms. The summed E-state index contributed by atoms with van der Waals surface area (Å²) in [6, 6.07) is 0.575. The van der Waals surface area contributed by atoms with E-state index < -0.39 is 0 Å². The van der Waals surface area contributed by atoms with Crippen molar-refractivity contribution in [2.45, 2.75) is 77.3 Å². The molecular formula is C19H36IN5O2. The third kappa shape index (κ3) is 8.66. The quantitative estimate of drug-likeness (QED) is 0.288. The maximum absolute atomic E-state index is 12.1. The number of rotatable bonds is 7. The molecular weight excluding hydrogens is 457 g/mol. The minimum Gasteiger partial charge on any atom is -0.357 e. The number of hydrogen-bond acceptors (Lipinski definition) is 3. The molecule has 3 N–H and O–H groups in total. The van der Waals surface area contributed by atoms with Crippen LogP contribution in [0.4, 0.5) is 0 Å². The van der Waals surface area contributed by atoms with Gasteiger partial charge in [-0.25, -0.2) is 0 Å². The van der Waals surface area contributed by atoms with Gasteiger partial charge in [-0.05, 0) is 26.2 Å². The molecule has 1 unspecified atom stereocenters. The maximum atomic E-state index is 12.1. The van der Waals surface area contributed by atoms with Gasteiger partial charge in [0.25, 0.3) is 0 Å². The van der Waals surface area contributed by atoms with E-state index in [1.54, 1.807) is 0 Å². The fourth-order valence-corrected chi connectivity index (χ4v) is 3.66. The molecule has 2 aliphatic rings. The molecule has 1 atom stereocenters. The third-order valence-electron chi connectivity index (χ3n) is 5.11. The van der Waals surface area contributed by atoms with Gasteiger partial charge < -0.3 is 20.9 Å². The van der Waals surface area contributed by atoms with Crippen LogP contribution in [0.15, 0.2) is 4.99 Å². The standard InChI is InChI=1S/C19H35N5O2.HI/c1-3-18(26)24-13-11-16(14-24)23-19(20-4-2)21-12-10-17(25)22-15-8-6-5-7-9-15;/h15-16H,3-14H2,1-2H3,(H,22,25)(H2,20,21,23);1H. The highest BCUT2D eigenvalue weighted by Crippen LogP contribution is 2.17. The van der Waals surface area contributed by atoms with Crippen molar-refractivity contribution in [1.29, 1.82) is 0 Å². The number of halogens is 1. The van der Waals surface area contributed by atoms with Gasteiger partial charge in [0.2, 0.25) is 11.8 Å². The van der Waals surface area contributed by atoms with Crippen molar-refractivity contribution in [3.05, 3.63) is 0 Å². The van der Waals surface area contributed by atoms with E-state index in [-0.39, 0.29) is 41.8 Å². The van der Waals surface area contributed by atoms with Crippen LogP contribution >= 0.6 is 24.0 Å². The first kappa shape index (κ1) is 24.0. The molecule has 8 heteroatoms. The Morgan fingerprint density at radius 1 is 1.04 bits per heavy atom. The lowest BCUT2D eigenvalue weighted by atomic mass is 9.95. The lowest BCUT2D eigenvalue weighted by Gasteiger charge is -2.22. The Morgan fingerprint density at radius 3 is 2.44 bits per heavy atom. The van der Waals surface area contributed by atoms with Gasteiger partial charge in [-0.1, -0.05) is 26.2 Å². The summed E-state index contributed by atoms with van der Waals surface area (Å²) in [4.78, 5) is 30.3. The fraction of sp³-hybridized carbons (Fsp3) is 0.842. The zero-order valence-corrected chi connectivity index (χ0v) is 19.1. The van der Waals surface area contributed by atoms with Crippen molar-refractivity contribution in [2.24, 2.45) is 4.99 Å². The molecule has 1 aliphatic heterocycles. The zero-order chi connectivity index (χ0) is 18.8. The molecule has 1 heterocycles. The van der Waals surface area contributed by atoms with E-state index in [9.17, 15) is 9.59 Å². The van der Waals surface area contributed by atoms with E-state index in [1.807, 2.05) is 18.7 Å². The highest BCUT2D eigenvalue weighted by atomic mass is 127. The van der Waals surface area contributed by atoms with Crippen LogP contribution in [0.1, 0.15) is 65.2 Å². The topological polar surface area (TPSA) is 85.8 Å². The van der Waals surface area contributed by atoms with Crippen molar-refractivity contribution in [3.8, 4) is 0 Å². The SMILES string of the molecule is CCNC(=NCCC(=O)NC1CCCCC1)NC1CCN(C(=O)CC)C1.I. The van der Waals surface area contributed by atoms with Crippen molar-refractivity contribution in [2.75, 3.05) is 26.2 Å². The van der Waals surface area contributed by atoms with Crippen LogP contribution in [0.2, 0.25) is 0 Å². The molecule has 156 valence electrons. The number of likely N-dealkylation sites (tertiary alicyclic amines) is 1. The monoisotopic (exact) mass is 493 g/mol. The van der Waals surface area contributed by atoms with Gasteiger partial charge in [0.05, 0.1) is 6.54 Å². The number of guanidine groups is 1. The Labute approximate surface area is 180 Å². The molecule has 0 radical (unpaired) electrons. The van der Waals surface area contributed by atoms with Crippen LogP contribution < -0.4 is 16.0 Å². The summed E-state index contributed by atoms with van der Waals surface area (Å²) < 4.78 is 0. The molecule has 0 aromatic carbocycles. The Balaban J connectivity index is 0.00000364. The molecule has 0 aromatic heterocycles. The predicted octanol–water partition coefficient (Wildman–Crippen LogP) is 2.01. The minimum absolute atomic E-state index is 0. The van der Waals surface area contributed by atoms with Crippen molar-refractivity contribution in [3.63, 3.8) is 0 Å². The van der Waals surface area contributed by atoms with Crippen LogP contribution in [0.5, 0.6) is 0 Å². The van der Waals surface area contributed by atoms with Crippen molar-refractivity contribution < 1.29 is 9.59 Å². The Morgan fingerprint density at radius 2 is 1.78 bits per heavy atom. The molecule has 1 aliphatic carbocycles. The smallest absolute Gasteiger partial charge is 0.222 e. The molecule has 2 fully saturated rings. The highest BCUT2D eigenvalue weighted by molar-refractivity contribution is 14.0. The summed E-state index contributed by atoms with van der Waals surface area (Å²) in [5, 5.41) is 9.75. The third-order valence-corrected chi connectivity index (χ3v) is 5.11. The van der Waals surface area contributed by atoms with E-state index in [0.717, 1.165) is 44.9 Å². The number of aliphatic imine (C=N–C) groups is 1.